The van der Waals surface area contributed by atoms with Crippen LogP contribution in [0.3, 0.4) is 0 Å². The maximum absolute atomic E-state index is 13.3. The highest BCUT2D eigenvalue weighted by atomic mass is 16.5. The van der Waals surface area contributed by atoms with Crippen LogP contribution in [0.2, 0.25) is 0 Å². The first-order chi connectivity index (χ1) is 18.0. The van der Waals surface area contributed by atoms with E-state index < -0.39 is 0 Å². The van der Waals surface area contributed by atoms with Crippen molar-refractivity contribution in [3.63, 3.8) is 0 Å². The van der Waals surface area contributed by atoms with Crippen LogP contribution in [0.4, 0.5) is 0 Å². The molecule has 0 aliphatic carbocycles. The number of rotatable bonds is 6. The minimum Gasteiger partial charge on any atom is -0.491 e. The third-order valence-corrected chi connectivity index (χ3v) is 7.24. The zero-order valence-electron chi connectivity index (χ0n) is 22.5. The molecule has 1 fully saturated rings. The summed E-state index contributed by atoms with van der Waals surface area (Å²) in [7, 11) is 0. The van der Waals surface area contributed by atoms with E-state index in [1.54, 1.807) is 0 Å². The van der Waals surface area contributed by atoms with Crippen molar-refractivity contribution in [2.24, 2.45) is 5.92 Å². The maximum atomic E-state index is 13.3. The molecule has 2 bridgehead atoms. The fraction of sp³-hybridized carbons (Fsp3) is 0.567. The average Bonchev–Trinajstić information content (AvgIpc) is 2.89. The van der Waals surface area contributed by atoms with Crippen molar-refractivity contribution in [1.29, 1.82) is 0 Å². The molecule has 2 heterocycles. The Kier molecular flexibility index (Phi) is 10.4. The standard InChI is InChI=1S/C30H43N3O4/c1-24(2)8-9-32-15-17-36-18-19-37-29-7-6-27(30(35)33-12-10-31(11-13-33)14-16-34)22-28(29)21-25-4-3-5-26(20-25)23-32/h3-7,20,22,24,34H,8-19,21,23H2,1-2H3. The molecule has 2 aromatic carbocycles. The van der Waals surface area contributed by atoms with Gasteiger partial charge in [0.2, 0.25) is 0 Å². The quantitative estimate of drug-likeness (QED) is 0.645. The third-order valence-electron chi connectivity index (χ3n) is 7.24. The van der Waals surface area contributed by atoms with Crippen LogP contribution in [0.15, 0.2) is 42.5 Å². The maximum Gasteiger partial charge on any atom is 0.253 e. The van der Waals surface area contributed by atoms with Gasteiger partial charge < -0.3 is 19.5 Å². The summed E-state index contributed by atoms with van der Waals surface area (Å²) in [5.74, 6) is 1.55. The first-order valence-electron chi connectivity index (χ1n) is 13.8. The van der Waals surface area contributed by atoms with Gasteiger partial charge in [-0.05, 0) is 53.8 Å². The number of hydrogen-bond donors (Lipinski definition) is 1. The molecule has 0 radical (unpaired) electrons. The van der Waals surface area contributed by atoms with Crippen molar-refractivity contribution in [2.75, 3.05) is 72.2 Å². The van der Waals surface area contributed by atoms with Gasteiger partial charge in [0.1, 0.15) is 12.4 Å². The molecule has 7 nitrogen and oxygen atoms in total. The number of carbonyl (C=O) groups excluding carboxylic acids is 1. The van der Waals surface area contributed by atoms with E-state index >= 15 is 0 Å². The van der Waals surface area contributed by atoms with Gasteiger partial charge in [0.25, 0.3) is 5.91 Å². The topological polar surface area (TPSA) is 65.5 Å². The Labute approximate surface area is 222 Å². The molecule has 0 aromatic heterocycles. The number of carbonyl (C=O) groups is 1. The minimum atomic E-state index is 0.0590. The van der Waals surface area contributed by atoms with Crippen LogP contribution in [0.25, 0.3) is 0 Å². The van der Waals surface area contributed by atoms with Gasteiger partial charge >= 0.3 is 0 Å². The molecule has 202 valence electrons. The smallest absolute Gasteiger partial charge is 0.253 e. The number of aliphatic hydroxyl groups is 1. The summed E-state index contributed by atoms with van der Waals surface area (Å²) < 4.78 is 12.0. The molecule has 0 spiro atoms. The Balaban J connectivity index is 1.52. The highest BCUT2D eigenvalue weighted by Gasteiger charge is 2.23. The van der Waals surface area contributed by atoms with Crippen LogP contribution in [0.5, 0.6) is 5.75 Å². The fourth-order valence-corrected chi connectivity index (χ4v) is 5.02. The number of β-amino-alcohol motifs (C(OH)–C–C–N with tert-alkyl or cyclic N) is 1. The molecule has 37 heavy (non-hydrogen) atoms. The lowest BCUT2D eigenvalue weighted by Gasteiger charge is -2.34. The van der Waals surface area contributed by atoms with Gasteiger partial charge in [-0.3, -0.25) is 14.6 Å². The molecule has 1 amide bonds. The predicted octanol–water partition coefficient (Wildman–Crippen LogP) is 3.28. The van der Waals surface area contributed by atoms with Crippen LogP contribution < -0.4 is 4.74 Å². The van der Waals surface area contributed by atoms with Crippen LogP contribution in [0, 0.1) is 5.92 Å². The van der Waals surface area contributed by atoms with Crippen molar-refractivity contribution in [3.8, 4) is 5.75 Å². The highest BCUT2D eigenvalue weighted by molar-refractivity contribution is 5.94. The molecule has 0 atom stereocenters. The van der Waals surface area contributed by atoms with Crippen molar-refractivity contribution in [3.05, 3.63) is 64.7 Å². The van der Waals surface area contributed by atoms with E-state index in [1.807, 2.05) is 23.1 Å². The summed E-state index contributed by atoms with van der Waals surface area (Å²) in [6.07, 6.45) is 1.88. The molecule has 1 saturated heterocycles. The predicted molar refractivity (Wildman–Crippen MR) is 146 cm³/mol. The molecule has 4 rings (SSSR count). The number of nitrogens with zero attached hydrogens (tertiary/aromatic N) is 3. The monoisotopic (exact) mass is 509 g/mol. The summed E-state index contributed by atoms with van der Waals surface area (Å²) >= 11 is 0. The number of amides is 1. The van der Waals surface area contributed by atoms with E-state index in [0.717, 1.165) is 44.0 Å². The third kappa shape index (κ3) is 8.27. The fourth-order valence-electron chi connectivity index (χ4n) is 5.02. The van der Waals surface area contributed by atoms with Gasteiger partial charge in [-0.15, -0.1) is 0 Å². The number of hydrogen-bond acceptors (Lipinski definition) is 6. The SMILES string of the molecule is CC(C)CCN1CCOCCOc2ccc(C(=O)N3CCN(CCO)CC3)cc2Cc2cccc(c2)C1. The molecular weight excluding hydrogens is 466 g/mol. The van der Waals surface area contributed by atoms with Gasteiger partial charge in [0, 0.05) is 57.8 Å². The van der Waals surface area contributed by atoms with E-state index in [1.165, 1.54) is 17.5 Å². The van der Waals surface area contributed by atoms with Gasteiger partial charge in [-0.2, -0.15) is 0 Å². The van der Waals surface area contributed by atoms with Crippen LogP contribution in [0.1, 0.15) is 47.3 Å². The Bertz CT molecular complexity index is 1000. The lowest BCUT2D eigenvalue weighted by atomic mass is 9.99. The van der Waals surface area contributed by atoms with Gasteiger partial charge in [0.15, 0.2) is 0 Å². The highest BCUT2D eigenvalue weighted by Crippen LogP contribution is 2.25. The Morgan fingerprint density at radius 2 is 1.73 bits per heavy atom. The second-order valence-electron chi connectivity index (χ2n) is 10.6. The number of benzene rings is 2. The second kappa shape index (κ2) is 13.9. The minimum absolute atomic E-state index is 0.0590. The first kappa shape index (κ1) is 27.6. The van der Waals surface area contributed by atoms with Crippen molar-refractivity contribution >= 4 is 5.91 Å². The van der Waals surface area contributed by atoms with Gasteiger partial charge in [0.05, 0.1) is 19.8 Å². The first-order valence-corrected chi connectivity index (χ1v) is 13.8. The summed E-state index contributed by atoms with van der Waals surface area (Å²) in [4.78, 5) is 19.9. The van der Waals surface area contributed by atoms with Crippen molar-refractivity contribution < 1.29 is 19.4 Å². The molecule has 2 aromatic rings. The summed E-state index contributed by atoms with van der Waals surface area (Å²) in [6, 6.07) is 14.6. The van der Waals surface area contributed by atoms with Gasteiger partial charge in [-0.1, -0.05) is 38.1 Å². The average molecular weight is 510 g/mol. The van der Waals surface area contributed by atoms with Crippen LogP contribution in [-0.4, -0.2) is 98.0 Å². The van der Waals surface area contributed by atoms with Crippen molar-refractivity contribution in [1.82, 2.24) is 14.7 Å². The second-order valence-corrected chi connectivity index (χ2v) is 10.6. The number of piperazine rings is 1. The molecule has 7 heteroatoms. The van der Waals surface area contributed by atoms with Crippen LogP contribution >= 0.6 is 0 Å². The summed E-state index contributed by atoms with van der Waals surface area (Å²) in [6.45, 7) is 12.9. The summed E-state index contributed by atoms with van der Waals surface area (Å²) in [5.41, 5.74) is 4.25. The zero-order valence-corrected chi connectivity index (χ0v) is 22.5. The Morgan fingerprint density at radius 1 is 0.919 bits per heavy atom. The normalized spacial score (nSPS) is 18.2. The molecule has 2 aliphatic rings. The van der Waals surface area contributed by atoms with Gasteiger partial charge in [-0.25, -0.2) is 0 Å². The molecular formula is C30H43N3O4. The van der Waals surface area contributed by atoms with Crippen molar-refractivity contribution in [2.45, 2.75) is 33.2 Å². The zero-order chi connectivity index (χ0) is 26.0. The number of aliphatic hydroxyl groups excluding tert-OH is 1. The van der Waals surface area contributed by atoms with E-state index in [4.69, 9.17) is 9.47 Å². The van der Waals surface area contributed by atoms with E-state index in [2.05, 4.69) is 47.9 Å². The largest absolute Gasteiger partial charge is 0.491 e. The lowest BCUT2D eigenvalue weighted by Crippen LogP contribution is -2.49. The summed E-state index contributed by atoms with van der Waals surface area (Å²) in [5, 5.41) is 9.19. The van der Waals surface area contributed by atoms with Crippen LogP contribution in [-0.2, 0) is 17.7 Å². The molecule has 0 saturated carbocycles. The molecule has 1 N–H and O–H groups in total. The number of fused-ring (bicyclic) bond motifs is 3. The Morgan fingerprint density at radius 3 is 2.51 bits per heavy atom. The Hall–Kier alpha value is -2.45. The van der Waals surface area contributed by atoms with E-state index in [-0.39, 0.29) is 12.5 Å². The number of ether oxygens (including phenoxy) is 2. The van der Waals surface area contributed by atoms with E-state index in [0.29, 0.717) is 57.4 Å². The van der Waals surface area contributed by atoms with E-state index in [9.17, 15) is 9.90 Å². The molecule has 0 unspecified atom stereocenters. The molecule has 2 aliphatic heterocycles. The lowest BCUT2D eigenvalue weighted by molar-refractivity contribution is 0.0614.